The topological polar surface area (TPSA) is 21.3 Å². The van der Waals surface area contributed by atoms with Gasteiger partial charge in [-0.05, 0) is 44.2 Å². The molecule has 4 heteroatoms. The Hall–Kier alpha value is -1.16. The lowest BCUT2D eigenvalue weighted by molar-refractivity contribution is -0.103. The van der Waals surface area contributed by atoms with Gasteiger partial charge >= 0.3 is 0 Å². The van der Waals surface area contributed by atoms with Gasteiger partial charge in [-0.15, -0.1) is 0 Å². The van der Waals surface area contributed by atoms with E-state index < -0.39 is 11.6 Å². The maximum atomic E-state index is 14.1. The van der Waals surface area contributed by atoms with Crippen molar-refractivity contribution in [1.82, 2.24) is 0 Å². The fourth-order valence-electron chi connectivity index (χ4n) is 3.69. The second-order valence-electron chi connectivity index (χ2n) is 6.48. The summed E-state index contributed by atoms with van der Waals surface area (Å²) < 4.78 is 34.0. The van der Waals surface area contributed by atoms with Gasteiger partial charge in [0, 0.05) is 12.6 Å². The van der Waals surface area contributed by atoms with Crippen LogP contribution in [-0.2, 0) is 4.74 Å². The van der Waals surface area contributed by atoms with E-state index in [4.69, 9.17) is 4.74 Å². The molecule has 1 saturated carbocycles. The van der Waals surface area contributed by atoms with Crippen LogP contribution in [0.15, 0.2) is 12.1 Å². The van der Waals surface area contributed by atoms with Gasteiger partial charge in [0.25, 0.3) is 0 Å². The van der Waals surface area contributed by atoms with E-state index in [0.717, 1.165) is 25.7 Å². The van der Waals surface area contributed by atoms with Crippen molar-refractivity contribution in [2.45, 2.75) is 63.5 Å². The standard InChI is InChI=1S/C17H23F2NO/c1-12-5-6-14(18)16(15(12)19)20-13-7-10-21-17(11-13)8-3-2-4-9-17/h5-6,13,20H,2-4,7-11H2,1H3. The molecule has 3 rings (SSSR count). The fraction of sp³-hybridized carbons (Fsp3) is 0.647. The molecule has 0 aromatic heterocycles. The first kappa shape index (κ1) is 14.8. The summed E-state index contributed by atoms with van der Waals surface area (Å²) in [5.74, 6) is -0.985. The zero-order chi connectivity index (χ0) is 14.9. The molecule has 21 heavy (non-hydrogen) atoms. The number of benzene rings is 1. The van der Waals surface area contributed by atoms with Gasteiger partial charge < -0.3 is 10.1 Å². The van der Waals surface area contributed by atoms with Crippen molar-refractivity contribution in [3.8, 4) is 0 Å². The van der Waals surface area contributed by atoms with E-state index in [-0.39, 0.29) is 17.3 Å². The molecule has 2 fully saturated rings. The third-order valence-electron chi connectivity index (χ3n) is 4.89. The molecule has 116 valence electrons. The number of hydrogen-bond acceptors (Lipinski definition) is 2. The molecule has 2 nitrogen and oxygen atoms in total. The van der Waals surface area contributed by atoms with Crippen LogP contribution >= 0.6 is 0 Å². The van der Waals surface area contributed by atoms with Crippen molar-refractivity contribution in [3.05, 3.63) is 29.3 Å². The molecule has 1 atom stereocenters. The van der Waals surface area contributed by atoms with Crippen molar-refractivity contribution >= 4 is 5.69 Å². The molecule has 1 spiro atoms. The van der Waals surface area contributed by atoms with Crippen LogP contribution in [0.2, 0.25) is 0 Å². The maximum absolute atomic E-state index is 14.1. The molecule has 1 saturated heterocycles. The lowest BCUT2D eigenvalue weighted by Gasteiger charge is -2.44. The summed E-state index contributed by atoms with van der Waals surface area (Å²) >= 11 is 0. The Morgan fingerprint density at radius 2 is 1.95 bits per heavy atom. The van der Waals surface area contributed by atoms with Crippen LogP contribution in [-0.4, -0.2) is 18.2 Å². The van der Waals surface area contributed by atoms with Crippen LogP contribution in [0.3, 0.4) is 0 Å². The summed E-state index contributed by atoms with van der Waals surface area (Å²) in [5, 5.41) is 3.10. The second kappa shape index (κ2) is 5.91. The number of aryl methyl sites for hydroxylation is 1. The molecule has 2 aliphatic rings. The Labute approximate surface area is 124 Å². The molecule has 1 heterocycles. The van der Waals surface area contributed by atoms with E-state index in [9.17, 15) is 8.78 Å². The highest BCUT2D eigenvalue weighted by molar-refractivity contribution is 5.49. The van der Waals surface area contributed by atoms with Gasteiger partial charge in [-0.1, -0.05) is 25.3 Å². The Morgan fingerprint density at radius 3 is 2.71 bits per heavy atom. The van der Waals surface area contributed by atoms with Gasteiger partial charge in [-0.25, -0.2) is 8.78 Å². The first-order valence-corrected chi connectivity index (χ1v) is 7.95. The van der Waals surface area contributed by atoms with Gasteiger partial charge in [0.05, 0.1) is 5.60 Å². The number of hydrogen-bond donors (Lipinski definition) is 1. The molecule has 1 N–H and O–H groups in total. The van der Waals surface area contributed by atoms with Crippen LogP contribution in [0.1, 0.15) is 50.5 Å². The number of ether oxygens (including phenoxy) is 1. The van der Waals surface area contributed by atoms with Crippen LogP contribution < -0.4 is 5.32 Å². The quantitative estimate of drug-likeness (QED) is 0.863. The first-order chi connectivity index (χ1) is 10.1. The summed E-state index contributed by atoms with van der Waals surface area (Å²) in [6, 6.07) is 2.89. The van der Waals surface area contributed by atoms with Crippen LogP contribution in [0, 0.1) is 18.6 Å². The Morgan fingerprint density at radius 1 is 1.19 bits per heavy atom. The predicted molar refractivity (Wildman–Crippen MR) is 79.5 cm³/mol. The van der Waals surface area contributed by atoms with Crippen molar-refractivity contribution in [2.75, 3.05) is 11.9 Å². The largest absolute Gasteiger partial charge is 0.377 e. The molecule has 0 amide bonds. The molecule has 1 aliphatic carbocycles. The Balaban J connectivity index is 1.74. The number of rotatable bonds is 2. The normalized spacial score (nSPS) is 25.0. The summed E-state index contributed by atoms with van der Waals surface area (Å²) in [7, 11) is 0. The van der Waals surface area contributed by atoms with Crippen molar-refractivity contribution in [2.24, 2.45) is 0 Å². The minimum absolute atomic E-state index is 0.0212. The average Bonchev–Trinajstić information content (AvgIpc) is 2.49. The molecule has 1 aromatic carbocycles. The monoisotopic (exact) mass is 295 g/mol. The smallest absolute Gasteiger partial charge is 0.152 e. The van der Waals surface area contributed by atoms with Crippen LogP contribution in [0.25, 0.3) is 0 Å². The van der Waals surface area contributed by atoms with E-state index in [1.165, 1.54) is 31.4 Å². The Kier molecular flexibility index (Phi) is 4.16. The maximum Gasteiger partial charge on any atom is 0.152 e. The van der Waals surface area contributed by atoms with Crippen molar-refractivity contribution < 1.29 is 13.5 Å². The van der Waals surface area contributed by atoms with E-state index in [1.807, 2.05) is 0 Å². The van der Waals surface area contributed by atoms with Gasteiger partial charge in [-0.3, -0.25) is 0 Å². The lowest BCUT2D eigenvalue weighted by Crippen LogP contribution is -2.45. The average molecular weight is 295 g/mol. The number of halogens is 2. The van der Waals surface area contributed by atoms with Gasteiger partial charge in [0.2, 0.25) is 0 Å². The second-order valence-corrected chi connectivity index (χ2v) is 6.48. The minimum Gasteiger partial charge on any atom is -0.377 e. The number of nitrogens with one attached hydrogen (secondary N) is 1. The third-order valence-corrected chi connectivity index (χ3v) is 4.89. The van der Waals surface area contributed by atoms with Gasteiger partial charge in [0.15, 0.2) is 5.82 Å². The van der Waals surface area contributed by atoms with Crippen molar-refractivity contribution in [1.29, 1.82) is 0 Å². The SMILES string of the molecule is Cc1ccc(F)c(NC2CCOC3(CCCCC3)C2)c1F. The first-order valence-electron chi connectivity index (χ1n) is 7.95. The third kappa shape index (κ3) is 3.05. The minimum atomic E-state index is -0.512. The zero-order valence-corrected chi connectivity index (χ0v) is 12.6. The summed E-state index contributed by atoms with van der Waals surface area (Å²) in [6.07, 6.45) is 7.45. The van der Waals surface area contributed by atoms with Crippen LogP contribution in [0.5, 0.6) is 0 Å². The molecule has 1 unspecified atom stereocenters. The van der Waals surface area contributed by atoms with Gasteiger partial charge in [-0.2, -0.15) is 0 Å². The molecular weight excluding hydrogens is 272 g/mol. The summed E-state index contributed by atoms with van der Waals surface area (Å²) in [5.41, 5.74) is 0.427. The van der Waals surface area contributed by atoms with Gasteiger partial charge in [0.1, 0.15) is 11.5 Å². The highest BCUT2D eigenvalue weighted by atomic mass is 19.1. The molecule has 1 aliphatic heterocycles. The summed E-state index contributed by atoms with van der Waals surface area (Å²) in [4.78, 5) is 0. The van der Waals surface area contributed by atoms with Crippen LogP contribution in [0.4, 0.5) is 14.5 Å². The molecular formula is C17H23F2NO. The van der Waals surface area contributed by atoms with E-state index >= 15 is 0 Å². The Bertz CT molecular complexity index is 506. The lowest BCUT2D eigenvalue weighted by atomic mass is 9.78. The molecule has 0 bridgehead atoms. The fourth-order valence-corrected chi connectivity index (χ4v) is 3.69. The molecule has 0 radical (unpaired) electrons. The van der Waals surface area contributed by atoms with E-state index in [2.05, 4.69) is 5.32 Å². The predicted octanol–water partition coefficient (Wildman–Crippen LogP) is 4.57. The summed E-state index contributed by atoms with van der Waals surface area (Å²) in [6.45, 7) is 2.33. The van der Waals surface area contributed by atoms with E-state index in [0.29, 0.717) is 12.2 Å². The zero-order valence-electron chi connectivity index (χ0n) is 12.6. The van der Waals surface area contributed by atoms with E-state index in [1.54, 1.807) is 6.92 Å². The van der Waals surface area contributed by atoms with Crippen molar-refractivity contribution in [3.63, 3.8) is 0 Å². The highest BCUT2D eigenvalue weighted by Crippen LogP contribution is 2.39. The number of anilines is 1. The molecule has 1 aromatic rings. The highest BCUT2D eigenvalue weighted by Gasteiger charge is 2.38.